The molecule has 0 radical (unpaired) electrons. The monoisotopic (exact) mass is 172 g/mol. The molecule has 0 spiro atoms. The van der Waals surface area contributed by atoms with E-state index in [0.717, 1.165) is 11.1 Å². The predicted molar refractivity (Wildman–Crippen MR) is 55.4 cm³/mol. The molecule has 0 bridgehead atoms. The fourth-order valence-electron chi connectivity index (χ4n) is 1.50. The Morgan fingerprint density at radius 3 is 2.92 bits per heavy atom. The highest BCUT2D eigenvalue weighted by atomic mass is 14.7. The summed E-state index contributed by atoms with van der Waals surface area (Å²) >= 11 is 0. The SMILES string of the molecule is C=C[C@H](N)c1c[nH]c2ccccc12. The minimum Gasteiger partial charge on any atom is -0.361 e. The van der Waals surface area contributed by atoms with E-state index in [9.17, 15) is 0 Å². The molecule has 66 valence electrons. The number of aromatic amines is 1. The molecule has 0 aliphatic rings. The molecule has 1 atom stereocenters. The van der Waals surface area contributed by atoms with Gasteiger partial charge in [-0.15, -0.1) is 6.58 Å². The number of rotatable bonds is 2. The van der Waals surface area contributed by atoms with Crippen LogP contribution in [0.5, 0.6) is 0 Å². The van der Waals surface area contributed by atoms with Gasteiger partial charge in [0.2, 0.25) is 0 Å². The molecule has 13 heavy (non-hydrogen) atoms. The lowest BCUT2D eigenvalue weighted by Gasteiger charge is -2.02. The van der Waals surface area contributed by atoms with Gasteiger partial charge in [-0.05, 0) is 11.6 Å². The largest absolute Gasteiger partial charge is 0.361 e. The zero-order valence-corrected chi connectivity index (χ0v) is 7.33. The normalized spacial score (nSPS) is 13.0. The Labute approximate surface area is 77.1 Å². The quantitative estimate of drug-likeness (QED) is 0.671. The first-order valence-corrected chi connectivity index (χ1v) is 4.27. The molecule has 3 N–H and O–H groups in total. The molecular formula is C11H12N2. The molecule has 0 aliphatic heterocycles. The van der Waals surface area contributed by atoms with Crippen molar-refractivity contribution >= 4 is 10.9 Å². The van der Waals surface area contributed by atoms with Crippen LogP contribution in [-0.2, 0) is 0 Å². The van der Waals surface area contributed by atoms with Crippen molar-refractivity contribution in [1.82, 2.24) is 4.98 Å². The van der Waals surface area contributed by atoms with Crippen molar-refractivity contribution in [3.05, 3.63) is 48.7 Å². The molecule has 0 amide bonds. The Morgan fingerprint density at radius 1 is 1.38 bits per heavy atom. The number of benzene rings is 1. The van der Waals surface area contributed by atoms with E-state index in [1.54, 1.807) is 6.08 Å². The van der Waals surface area contributed by atoms with Crippen LogP contribution in [-0.4, -0.2) is 4.98 Å². The van der Waals surface area contributed by atoms with Gasteiger partial charge in [0, 0.05) is 23.1 Å². The molecule has 0 fully saturated rings. The topological polar surface area (TPSA) is 41.8 Å². The van der Waals surface area contributed by atoms with Gasteiger partial charge in [-0.2, -0.15) is 0 Å². The molecule has 0 aliphatic carbocycles. The second-order valence-electron chi connectivity index (χ2n) is 3.05. The number of H-pyrrole nitrogens is 1. The molecule has 1 aromatic heterocycles. The maximum absolute atomic E-state index is 5.87. The molecule has 2 aromatic rings. The standard InChI is InChI=1S/C11H12N2/c1-2-10(12)9-7-13-11-6-4-3-5-8(9)11/h2-7,10,13H,1,12H2/t10-/m0/s1. The van der Waals surface area contributed by atoms with Gasteiger partial charge < -0.3 is 10.7 Å². The van der Waals surface area contributed by atoms with Crippen LogP contribution in [0.4, 0.5) is 0 Å². The second-order valence-corrected chi connectivity index (χ2v) is 3.05. The summed E-state index contributed by atoms with van der Waals surface area (Å²) in [4.78, 5) is 3.18. The van der Waals surface area contributed by atoms with Crippen molar-refractivity contribution in [3.8, 4) is 0 Å². The molecular weight excluding hydrogens is 160 g/mol. The summed E-state index contributed by atoms with van der Waals surface area (Å²) in [7, 11) is 0. The Hall–Kier alpha value is -1.54. The average molecular weight is 172 g/mol. The molecule has 1 aromatic carbocycles. The number of hydrogen-bond acceptors (Lipinski definition) is 1. The van der Waals surface area contributed by atoms with Gasteiger partial charge in [0.05, 0.1) is 0 Å². The minimum absolute atomic E-state index is 0.0869. The maximum atomic E-state index is 5.87. The van der Waals surface area contributed by atoms with Crippen LogP contribution in [0, 0.1) is 0 Å². The van der Waals surface area contributed by atoms with E-state index in [1.165, 1.54) is 5.39 Å². The Bertz CT molecular complexity index is 428. The fourth-order valence-corrected chi connectivity index (χ4v) is 1.50. The van der Waals surface area contributed by atoms with Crippen LogP contribution in [0.2, 0.25) is 0 Å². The number of para-hydroxylation sites is 1. The number of nitrogens with one attached hydrogen (secondary N) is 1. The smallest absolute Gasteiger partial charge is 0.0499 e. The van der Waals surface area contributed by atoms with Crippen LogP contribution in [0.3, 0.4) is 0 Å². The van der Waals surface area contributed by atoms with Crippen molar-refractivity contribution in [3.63, 3.8) is 0 Å². The molecule has 2 rings (SSSR count). The lowest BCUT2D eigenvalue weighted by molar-refractivity contribution is 0.924. The third-order valence-electron chi connectivity index (χ3n) is 2.23. The summed E-state index contributed by atoms with van der Waals surface area (Å²) in [6.45, 7) is 3.68. The predicted octanol–water partition coefficient (Wildman–Crippen LogP) is 2.35. The Morgan fingerprint density at radius 2 is 2.15 bits per heavy atom. The highest BCUT2D eigenvalue weighted by molar-refractivity contribution is 5.83. The highest BCUT2D eigenvalue weighted by Gasteiger charge is 2.06. The third-order valence-corrected chi connectivity index (χ3v) is 2.23. The van der Waals surface area contributed by atoms with Gasteiger partial charge >= 0.3 is 0 Å². The van der Waals surface area contributed by atoms with Gasteiger partial charge in [0.15, 0.2) is 0 Å². The van der Waals surface area contributed by atoms with E-state index in [-0.39, 0.29) is 6.04 Å². The molecule has 0 saturated heterocycles. The fraction of sp³-hybridized carbons (Fsp3) is 0.0909. The van der Waals surface area contributed by atoms with E-state index in [1.807, 2.05) is 24.4 Å². The number of aromatic nitrogens is 1. The molecule has 0 saturated carbocycles. The van der Waals surface area contributed by atoms with Crippen LogP contribution >= 0.6 is 0 Å². The van der Waals surface area contributed by atoms with Crippen molar-refractivity contribution in [2.45, 2.75) is 6.04 Å². The average Bonchev–Trinajstić information content (AvgIpc) is 2.60. The first-order chi connectivity index (χ1) is 6.33. The van der Waals surface area contributed by atoms with Crippen LogP contribution in [0.1, 0.15) is 11.6 Å². The lowest BCUT2D eigenvalue weighted by Crippen LogP contribution is -2.05. The third kappa shape index (κ3) is 1.25. The second kappa shape index (κ2) is 3.07. The Kier molecular flexibility index (Phi) is 1.91. The first-order valence-electron chi connectivity index (χ1n) is 4.27. The Balaban J connectivity index is 2.64. The highest BCUT2D eigenvalue weighted by Crippen LogP contribution is 2.22. The van der Waals surface area contributed by atoms with Crippen LogP contribution in [0.15, 0.2) is 43.1 Å². The summed E-state index contributed by atoms with van der Waals surface area (Å²) in [5.41, 5.74) is 8.09. The zero-order chi connectivity index (χ0) is 9.26. The van der Waals surface area contributed by atoms with Gasteiger partial charge in [0.25, 0.3) is 0 Å². The first kappa shape index (κ1) is 8.08. The van der Waals surface area contributed by atoms with Crippen molar-refractivity contribution < 1.29 is 0 Å². The van der Waals surface area contributed by atoms with Crippen molar-refractivity contribution in [1.29, 1.82) is 0 Å². The summed E-state index contributed by atoms with van der Waals surface area (Å²) < 4.78 is 0. The number of hydrogen-bond donors (Lipinski definition) is 2. The summed E-state index contributed by atoms with van der Waals surface area (Å²) in [6.07, 6.45) is 3.69. The summed E-state index contributed by atoms with van der Waals surface area (Å²) in [5.74, 6) is 0. The number of nitrogens with two attached hydrogens (primary N) is 1. The number of fused-ring (bicyclic) bond motifs is 1. The molecule has 2 heteroatoms. The minimum atomic E-state index is -0.0869. The maximum Gasteiger partial charge on any atom is 0.0499 e. The summed E-state index contributed by atoms with van der Waals surface area (Å²) in [5, 5.41) is 1.18. The van der Waals surface area contributed by atoms with Crippen LogP contribution in [0.25, 0.3) is 10.9 Å². The van der Waals surface area contributed by atoms with Gasteiger partial charge in [-0.3, -0.25) is 0 Å². The van der Waals surface area contributed by atoms with E-state index >= 15 is 0 Å². The van der Waals surface area contributed by atoms with E-state index in [4.69, 9.17) is 5.73 Å². The van der Waals surface area contributed by atoms with Crippen molar-refractivity contribution in [2.75, 3.05) is 0 Å². The van der Waals surface area contributed by atoms with Crippen molar-refractivity contribution in [2.24, 2.45) is 5.73 Å². The van der Waals surface area contributed by atoms with E-state index in [2.05, 4.69) is 17.6 Å². The van der Waals surface area contributed by atoms with Gasteiger partial charge in [-0.1, -0.05) is 24.3 Å². The van der Waals surface area contributed by atoms with Crippen LogP contribution < -0.4 is 5.73 Å². The lowest BCUT2D eigenvalue weighted by atomic mass is 10.1. The van der Waals surface area contributed by atoms with Gasteiger partial charge in [0.1, 0.15) is 0 Å². The van der Waals surface area contributed by atoms with E-state index in [0.29, 0.717) is 0 Å². The zero-order valence-electron chi connectivity index (χ0n) is 7.33. The van der Waals surface area contributed by atoms with Gasteiger partial charge in [-0.25, -0.2) is 0 Å². The summed E-state index contributed by atoms with van der Waals surface area (Å²) in [6, 6.07) is 8.02. The molecule has 2 nitrogen and oxygen atoms in total. The molecule has 0 unspecified atom stereocenters. The van der Waals surface area contributed by atoms with E-state index < -0.39 is 0 Å². The molecule has 1 heterocycles.